The number of hydrogen-bond acceptors (Lipinski definition) is 11. The third-order valence-electron chi connectivity index (χ3n) is 5.46. The molecule has 2 aromatic rings. The highest BCUT2D eigenvalue weighted by Crippen LogP contribution is 2.13. The fourth-order valence-corrected chi connectivity index (χ4v) is 3.45. The molecule has 1 aliphatic rings. The number of nitrogens with zero attached hydrogens (tertiary/aromatic N) is 2. The number of guanidine groups is 1. The second kappa shape index (κ2) is 15.7. The molecule has 0 aromatic heterocycles. The Hall–Kier alpha value is -5.47. The van der Waals surface area contributed by atoms with Gasteiger partial charge in [-0.1, -0.05) is 60.7 Å². The summed E-state index contributed by atoms with van der Waals surface area (Å²) < 4.78 is 15.5. The molecule has 15 heteroatoms. The van der Waals surface area contributed by atoms with Gasteiger partial charge in [-0.15, -0.1) is 5.06 Å². The van der Waals surface area contributed by atoms with E-state index in [1.807, 2.05) is 0 Å². The third kappa shape index (κ3) is 11.4. The first-order valence-corrected chi connectivity index (χ1v) is 13.5. The van der Waals surface area contributed by atoms with Crippen molar-refractivity contribution in [2.75, 3.05) is 6.54 Å². The van der Waals surface area contributed by atoms with Gasteiger partial charge in [0.25, 0.3) is 11.8 Å². The Balaban J connectivity index is 1.76. The van der Waals surface area contributed by atoms with Crippen LogP contribution < -0.4 is 16.0 Å². The second-order valence-corrected chi connectivity index (χ2v) is 10.3. The summed E-state index contributed by atoms with van der Waals surface area (Å²) in [5.41, 5.74) is 0.431. The zero-order valence-electron chi connectivity index (χ0n) is 24.4. The molecule has 0 spiro atoms. The van der Waals surface area contributed by atoms with Crippen molar-refractivity contribution in [1.82, 2.24) is 21.0 Å². The van der Waals surface area contributed by atoms with Crippen LogP contribution in [0, 0.1) is 0 Å². The SMILES string of the molecule is CC(C)(C)OC(=O)N[C@@H](CN=C(NC(=O)OCc1ccccc1)NC(=O)OCc1ccccc1)C(=O)ON1C(=O)CCC1=O. The first kappa shape index (κ1) is 33.0. The van der Waals surface area contributed by atoms with E-state index >= 15 is 0 Å². The maximum Gasteiger partial charge on any atom is 0.414 e. The third-order valence-corrected chi connectivity index (χ3v) is 5.46. The Bertz CT molecular complexity index is 1300. The van der Waals surface area contributed by atoms with Crippen LogP contribution in [0.1, 0.15) is 44.7 Å². The Kier molecular flexibility index (Phi) is 11.8. The molecular formula is C29H33N5O10. The van der Waals surface area contributed by atoms with Gasteiger partial charge in [0.15, 0.2) is 6.04 Å². The van der Waals surface area contributed by atoms with E-state index in [1.165, 1.54) is 0 Å². The maximum atomic E-state index is 12.9. The molecule has 1 heterocycles. The molecule has 5 amide bonds. The number of rotatable bonds is 9. The zero-order chi connectivity index (χ0) is 32.1. The van der Waals surface area contributed by atoms with Crippen molar-refractivity contribution < 1.29 is 47.8 Å². The Morgan fingerprint density at radius 1 is 0.795 bits per heavy atom. The van der Waals surface area contributed by atoms with Gasteiger partial charge in [0, 0.05) is 12.8 Å². The Morgan fingerprint density at radius 2 is 1.27 bits per heavy atom. The van der Waals surface area contributed by atoms with Crippen LogP contribution in [0.3, 0.4) is 0 Å². The van der Waals surface area contributed by atoms with Crippen molar-refractivity contribution in [2.45, 2.75) is 58.5 Å². The van der Waals surface area contributed by atoms with E-state index in [4.69, 9.17) is 19.0 Å². The number of alkyl carbamates (subject to hydrolysis) is 3. The predicted molar refractivity (Wildman–Crippen MR) is 152 cm³/mol. The average molecular weight is 612 g/mol. The van der Waals surface area contributed by atoms with Gasteiger partial charge in [-0.3, -0.25) is 20.2 Å². The normalized spacial score (nSPS) is 13.3. The molecule has 1 atom stereocenters. The van der Waals surface area contributed by atoms with Crippen molar-refractivity contribution in [3.63, 3.8) is 0 Å². The minimum absolute atomic E-state index is 0.106. The topological polar surface area (TPSA) is 191 Å². The van der Waals surface area contributed by atoms with E-state index in [0.717, 1.165) is 0 Å². The second-order valence-electron chi connectivity index (χ2n) is 10.3. The van der Waals surface area contributed by atoms with Crippen molar-refractivity contribution >= 4 is 42.0 Å². The average Bonchev–Trinajstić information content (AvgIpc) is 3.29. The summed E-state index contributed by atoms with van der Waals surface area (Å²) in [5.74, 6) is -3.22. The van der Waals surface area contributed by atoms with Crippen LogP contribution in [0.15, 0.2) is 65.7 Å². The van der Waals surface area contributed by atoms with E-state index in [-0.39, 0.29) is 26.1 Å². The molecule has 0 unspecified atom stereocenters. The lowest BCUT2D eigenvalue weighted by Gasteiger charge is -2.23. The highest BCUT2D eigenvalue weighted by Gasteiger charge is 2.36. The van der Waals surface area contributed by atoms with Gasteiger partial charge in [0.2, 0.25) is 5.96 Å². The fraction of sp³-hybridized carbons (Fsp3) is 0.345. The van der Waals surface area contributed by atoms with Gasteiger partial charge in [0.1, 0.15) is 18.8 Å². The first-order chi connectivity index (χ1) is 20.9. The van der Waals surface area contributed by atoms with Crippen LogP contribution in [0.5, 0.6) is 0 Å². The number of amides is 5. The quantitative estimate of drug-likeness (QED) is 0.164. The number of aliphatic imine (C=N–C) groups is 1. The number of imide groups is 1. The van der Waals surface area contributed by atoms with E-state index in [0.29, 0.717) is 16.2 Å². The lowest BCUT2D eigenvalue weighted by Crippen LogP contribution is -2.50. The van der Waals surface area contributed by atoms with Crippen molar-refractivity contribution in [3.8, 4) is 0 Å². The monoisotopic (exact) mass is 611 g/mol. The van der Waals surface area contributed by atoms with Gasteiger partial charge < -0.3 is 24.4 Å². The fourth-order valence-electron chi connectivity index (χ4n) is 3.45. The maximum absolute atomic E-state index is 12.9. The molecule has 1 aliphatic heterocycles. The van der Waals surface area contributed by atoms with Gasteiger partial charge in [-0.25, -0.2) is 24.2 Å². The molecule has 3 rings (SSSR count). The minimum atomic E-state index is -1.63. The van der Waals surface area contributed by atoms with Crippen molar-refractivity contribution in [1.29, 1.82) is 0 Å². The zero-order valence-corrected chi connectivity index (χ0v) is 24.4. The molecular weight excluding hydrogens is 578 g/mol. The Morgan fingerprint density at radius 3 is 1.73 bits per heavy atom. The van der Waals surface area contributed by atoms with Crippen LogP contribution in [-0.2, 0) is 46.6 Å². The summed E-state index contributed by atoms with van der Waals surface area (Å²) in [5, 5.41) is 7.06. The standard InChI is InChI=1S/C29H33N5O10/c1-29(2,3)43-28(40)31-21(24(37)44-34-22(35)14-15-23(34)36)16-30-25(32-26(38)41-17-19-10-6-4-7-11-19)33-27(39)42-18-20-12-8-5-9-13-20/h4-13,21H,14-18H2,1-3H3,(H,31,40)(H2,30,32,33,38,39)/t21-/m0/s1. The van der Waals surface area contributed by atoms with Crippen LogP contribution >= 0.6 is 0 Å². The van der Waals surface area contributed by atoms with Crippen molar-refractivity contribution in [3.05, 3.63) is 71.8 Å². The van der Waals surface area contributed by atoms with Crippen LogP contribution in [0.2, 0.25) is 0 Å². The summed E-state index contributed by atoms with van der Waals surface area (Å²) in [4.78, 5) is 83.3. The number of benzene rings is 2. The molecule has 0 radical (unpaired) electrons. The summed E-state index contributed by atoms with van der Waals surface area (Å²) in [6.07, 6.45) is -3.36. The lowest BCUT2D eigenvalue weighted by atomic mass is 10.2. The summed E-state index contributed by atoms with van der Waals surface area (Å²) in [7, 11) is 0. The van der Waals surface area contributed by atoms with E-state index in [9.17, 15) is 28.8 Å². The smallest absolute Gasteiger partial charge is 0.414 e. The van der Waals surface area contributed by atoms with Gasteiger partial charge >= 0.3 is 24.2 Å². The molecule has 15 nitrogen and oxygen atoms in total. The number of hydroxylamine groups is 2. The lowest BCUT2D eigenvalue weighted by molar-refractivity contribution is -0.198. The number of nitrogens with one attached hydrogen (secondary N) is 3. The van der Waals surface area contributed by atoms with Gasteiger partial charge in [-0.05, 0) is 31.9 Å². The summed E-state index contributed by atoms with van der Waals surface area (Å²) >= 11 is 0. The molecule has 0 bridgehead atoms. The highest BCUT2D eigenvalue weighted by atomic mass is 16.7. The minimum Gasteiger partial charge on any atom is -0.444 e. The highest BCUT2D eigenvalue weighted by molar-refractivity contribution is 6.02. The first-order valence-electron chi connectivity index (χ1n) is 13.5. The molecule has 1 fully saturated rings. The van der Waals surface area contributed by atoms with Crippen LogP contribution in [-0.4, -0.2) is 65.3 Å². The molecule has 3 N–H and O–H groups in total. The predicted octanol–water partition coefficient (Wildman–Crippen LogP) is 2.70. The van der Waals surface area contributed by atoms with Crippen molar-refractivity contribution in [2.24, 2.45) is 4.99 Å². The molecule has 44 heavy (non-hydrogen) atoms. The molecule has 234 valence electrons. The van der Waals surface area contributed by atoms with E-state index in [2.05, 4.69) is 20.9 Å². The van der Waals surface area contributed by atoms with E-state index in [1.54, 1.807) is 81.4 Å². The molecule has 0 saturated carbocycles. The van der Waals surface area contributed by atoms with Crippen LogP contribution in [0.4, 0.5) is 14.4 Å². The Labute approximate surface area is 252 Å². The van der Waals surface area contributed by atoms with Gasteiger partial charge in [-0.2, -0.15) is 0 Å². The largest absolute Gasteiger partial charge is 0.444 e. The number of hydrogen-bond donors (Lipinski definition) is 3. The summed E-state index contributed by atoms with van der Waals surface area (Å²) in [6.45, 7) is 3.91. The molecule has 0 aliphatic carbocycles. The van der Waals surface area contributed by atoms with Gasteiger partial charge in [0.05, 0.1) is 6.54 Å². The van der Waals surface area contributed by atoms with Crippen LogP contribution in [0.25, 0.3) is 0 Å². The summed E-state index contributed by atoms with van der Waals surface area (Å²) in [6, 6.07) is 15.9. The molecule has 2 aromatic carbocycles. The number of carbonyl (C=O) groups is 6. The molecule has 1 saturated heterocycles. The number of carbonyl (C=O) groups excluding carboxylic acids is 6. The number of ether oxygens (including phenoxy) is 3. The van der Waals surface area contributed by atoms with E-state index < -0.39 is 60.2 Å².